The number of aliphatic carboxylic acids is 1. The number of hydrogen-bond acceptors (Lipinski definition) is 5. The standard InChI is InChI=1S/C31H32N2O4/c1-21-18-24(14-15-29(21)36-20-31(34)35)33-19-25(37-30-13-6-5-12-28(30)33)16-17-32-22(2)26-11-7-9-23-8-3-4-10-27(23)26/h3-15,18,22,25,32H,16-17,19-20H2,1-2H3,(H,34,35). The Morgan fingerprint density at radius 3 is 2.70 bits per heavy atom. The Bertz CT molecular complexity index is 1400. The Kier molecular flexibility index (Phi) is 7.28. The zero-order valence-electron chi connectivity index (χ0n) is 21.2. The maximum absolute atomic E-state index is 10.9. The molecule has 6 heteroatoms. The topological polar surface area (TPSA) is 71.0 Å². The van der Waals surface area contributed by atoms with Crippen molar-refractivity contribution in [2.24, 2.45) is 0 Å². The van der Waals surface area contributed by atoms with Gasteiger partial charge in [0.25, 0.3) is 0 Å². The van der Waals surface area contributed by atoms with Crippen LogP contribution in [0.3, 0.4) is 0 Å². The second-order valence-corrected chi connectivity index (χ2v) is 9.48. The molecule has 5 rings (SSSR count). The predicted octanol–water partition coefficient (Wildman–Crippen LogP) is 6.25. The van der Waals surface area contributed by atoms with Crippen molar-refractivity contribution in [2.45, 2.75) is 32.4 Å². The van der Waals surface area contributed by atoms with Crippen LogP contribution in [0.4, 0.5) is 11.4 Å². The van der Waals surface area contributed by atoms with Crippen molar-refractivity contribution >= 4 is 28.1 Å². The quantitative estimate of drug-likeness (QED) is 0.285. The SMILES string of the molecule is Cc1cc(N2CC(CCNC(C)c3cccc4ccccc34)Oc3ccccc32)ccc1OCC(=O)O. The first-order chi connectivity index (χ1) is 18.0. The number of hydrogen-bond donors (Lipinski definition) is 2. The smallest absolute Gasteiger partial charge is 0.341 e. The Balaban J connectivity index is 1.28. The van der Waals surface area contributed by atoms with E-state index in [-0.39, 0.29) is 18.8 Å². The normalized spacial score (nSPS) is 15.6. The number of nitrogens with zero attached hydrogens (tertiary/aromatic N) is 1. The van der Waals surface area contributed by atoms with E-state index in [1.54, 1.807) is 0 Å². The van der Waals surface area contributed by atoms with Gasteiger partial charge in [0.2, 0.25) is 0 Å². The molecule has 4 aromatic carbocycles. The third-order valence-corrected chi connectivity index (χ3v) is 6.86. The molecule has 6 nitrogen and oxygen atoms in total. The maximum Gasteiger partial charge on any atom is 0.341 e. The number of anilines is 2. The van der Waals surface area contributed by atoms with Gasteiger partial charge in [-0.1, -0.05) is 54.6 Å². The minimum Gasteiger partial charge on any atom is -0.486 e. The van der Waals surface area contributed by atoms with Gasteiger partial charge < -0.3 is 24.8 Å². The van der Waals surface area contributed by atoms with Crippen LogP contribution in [0.25, 0.3) is 10.8 Å². The maximum atomic E-state index is 10.9. The molecule has 1 aliphatic rings. The summed E-state index contributed by atoms with van der Waals surface area (Å²) in [6.07, 6.45) is 0.879. The van der Waals surface area contributed by atoms with E-state index in [9.17, 15) is 4.79 Å². The molecule has 190 valence electrons. The molecule has 0 fully saturated rings. The molecule has 2 N–H and O–H groups in total. The molecule has 0 spiro atoms. The largest absolute Gasteiger partial charge is 0.486 e. The van der Waals surface area contributed by atoms with Crippen LogP contribution in [-0.4, -0.2) is 36.9 Å². The van der Waals surface area contributed by atoms with Crippen LogP contribution >= 0.6 is 0 Å². The zero-order chi connectivity index (χ0) is 25.8. The van der Waals surface area contributed by atoms with Crippen LogP contribution < -0.4 is 19.7 Å². The average Bonchev–Trinajstić information content (AvgIpc) is 2.91. The molecule has 0 bridgehead atoms. The Morgan fingerprint density at radius 1 is 1.08 bits per heavy atom. The molecule has 0 radical (unpaired) electrons. The minimum absolute atomic E-state index is 0.0189. The lowest BCUT2D eigenvalue weighted by molar-refractivity contribution is -0.139. The highest BCUT2D eigenvalue weighted by molar-refractivity contribution is 5.86. The number of aryl methyl sites for hydroxylation is 1. The van der Waals surface area contributed by atoms with Gasteiger partial charge in [-0.15, -0.1) is 0 Å². The van der Waals surface area contributed by atoms with Crippen LogP contribution in [0.1, 0.15) is 30.5 Å². The first kappa shape index (κ1) is 24.7. The fourth-order valence-electron chi connectivity index (χ4n) is 5.00. The lowest BCUT2D eigenvalue weighted by atomic mass is 9.99. The van der Waals surface area contributed by atoms with Crippen molar-refractivity contribution < 1.29 is 19.4 Å². The molecule has 37 heavy (non-hydrogen) atoms. The van der Waals surface area contributed by atoms with E-state index in [4.69, 9.17) is 14.6 Å². The molecule has 0 aromatic heterocycles. The fourth-order valence-corrected chi connectivity index (χ4v) is 5.00. The van der Waals surface area contributed by atoms with Gasteiger partial charge in [0, 0.05) is 11.7 Å². The molecular weight excluding hydrogens is 464 g/mol. The van der Waals surface area contributed by atoms with Crippen LogP contribution in [0.5, 0.6) is 11.5 Å². The van der Waals surface area contributed by atoms with Gasteiger partial charge in [-0.2, -0.15) is 0 Å². The average molecular weight is 497 g/mol. The Labute approximate surface area is 217 Å². The van der Waals surface area contributed by atoms with Gasteiger partial charge in [-0.3, -0.25) is 0 Å². The van der Waals surface area contributed by atoms with Gasteiger partial charge >= 0.3 is 5.97 Å². The lowest BCUT2D eigenvalue weighted by Crippen LogP contribution is -2.39. The second-order valence-electron chi connectivity index (χ2n) is 9.48. The van der Waals surface area contributed by atoms with Gasteiger partial charge in [0.1, 0.15) is 17.6 Å². The highest BCUT2D eigenvalue weighted by atomic mass is 16.5. The number of para-hydroxylation sites is 2. The first-order valence-electron chi connectivity index (χ1n) is 12.7. The summed E-state index contributed by atoms with van der Waals surface area (Å²) in [5.41, 5.74) is 4.24. The van der Waals surface area contributed by atoms with Gasteiger partial charge in [-0.05, 0) is 79.0 Å². The molecule has 4 aromatic rings. The second kappa shape index (κ2) is 10.9. The third-order valence-electron chi connectivity index (χ3n) is 6.86. The van der Waals surface area contributed by atoms with Crippen molar-refractivity contribution in [3.63, 3.8) is 0 Å². The number of nitrogens with one attached hydrogen (secondary N) is 1. The van der Waals surface area contributed by atoms with E-state index >= 15 is 0 Å². The molecule has 2 unspecified atom stereocenters. The number of carbonyl (C=O) groups is 1. The van der Waals surface area contributed by atoms with Gasteiger partial charge in [0.15, 0.2) is 6.61 Å². The summed E-state index contributed by atoms with van der Waals surface area (Å²) in [7, 11) is 0. The van der Waals surface area contributed by atoms with Crippen LogP contribution in [0, 0.1) is 6.92 Å². The molecule has 0 amide bonds. The molecule has 0 aliphatic carbocycles. The number of rotatable bonds is 9. The summed E-state index contributed by atoms with van der Waals surface area (Å²) in [6, 6.07) is 29.1. The summed E-state index contributed by atoms with van der Waals surface area (Å²) in [5, 5.41) is 15.2. The van der Waals surface area contributed by atoms with E-state index < -0.39 is 5.97 Å². The fraction of sp³-hybridized carbons (Fsp3) is 0.258. The van der Waals surface area contributed by atoms with Crippen LogP contribution in [0.15, 0.2) is 84.9 Å². The molecule has 2 atom stereocenters. The van der Waals surface area contributed by atoms with Crippen molar-refractivity contribution in [3.05, 3.63) is 96.1 Å². The summed E-state index contributed by atoms with van der Waals surface area (Å²) in [4.78, 5) is 13.2. The Morgan fingerprint density at radius 2 is 1.86 bits per heavy atom. The zero-order valence-corrected chi connectivity index (χ0v) is 21.2. The number of fused-ring (bicyclic) bond motifs is 2. The lowest BCUT2D eigenvalue weighted by Gasteiger charge is -2.37. The number of carboxylic acids is 1. The molecule has 0 saturated heterocycles. The molecule has 1 aliphatic heterocycles. The first-order valence-corrected chi connectivity index (χ1v) is 12.7. The minimum atomic E-state index is -0.989. The summed E-state index contributed by atoms with van der Waals surface area (Å²) >= 11 is 0. The molecule has 0 saturated carbocycles. The summed E-state index contributed by atoms with van der Waals surface area (Å²) in [6.45, 7) is 5.33. The van der Waals surface area contributed by atoms with E-state index in [0.717, 1.165) is 42.2 Å². The highest BCUT2D eigenvalue weighted by Gasteiger charge is 2.27. The van der Waals surface area contributed by atoms with Gasteiger partial charge in [0.05, 0.1) is 12.2 Å². The summed E-state index contributed by atoms with van der Waals surface area (Å²) < 4.78 is 11.8. The van der Waals surface area contributed by atoms with E-state index in [2.05, 4.69) is 65.7 Å². The highest BCUT2D eigenvalue weighted by Crippen LogP contribution is 2.39. The number of benzene rings is 4. The van der Waals surface area contributed by atoms with E-state index in [1.165, 1.54) is 16.3 Å². The summed E-state index contributed by atoms with van der Waals surface area (Å²) in [5.74, 6) is 0.456. The molecular formula is C31H32N2O4. The number of ether oxygens (including phenoxy) is 2. The van der Waals surface area contributed by atoms with E-state index in [1.807, 2.05) is 43.3 Å². The van der Waals surface area contributed by atoms with Crippen molar-refractivity contribution in [1.29, 1.82) is 0 Å². The van der Waals surface area contributed by atoms with Crippen LogP contribution in [-0.2, 0) is 4.79 Å². The van der Waals surface area contributed by atoms with Crippen molar-refractivity contribution in [3.8, 4) is 11.5 Å². The number of carboxylic acid groups (broad SMARTS) is 1. The monoisotopic (exact) mass is 496 g/mol. The van der Waals surface area contributed by atoms with Crippen molar-refractivity contribution in [2.75, 3.05) is 24.6 Å². The predicted molar refractivity (Wildman–Crippen MR) is 147 cm³/mol. The Hall–Kier alpha value is -4.03. The van der Waals surface area contributed by atoms with Gasteiger partial charge in [-0.25, -0.2) is 4.79 Å². The van der Waals surface area contributed by atoms with E-state index in [0.29, 0.717) is 5.75 Å². The van der Waals surface area contributed by atoms with Crippen LogP contribution in [0.2, 0.25) is 0 Å². The molecule has 1 heterocycles. The van der Waals surface area contributed by atoms with Crippen molar-refractivity contribution in [1.82, 2.24) is 5.32 Å². The third kappa shape index (κ3) is 5.54.